The van der Waals surface area contributed by atoms with Crippen LogP contribution in [-0.2, 0) is 21.4 Å². The number of benzene rings is 1. The lowest BCUT2D eigenvalue weighted by atomic mass is 9.72. The Morgan fingerprint density at radius 3 is 2.67 bits per heavy atom. The molecule has 4 heterocycles. The zero-order valence-corrected chi connectivity index (χ0v) is 19.8. The molecule has 2 aliphatic rings. The van der Waals surface area contributed by atoms with Crippen LogP contribution in [0.5, 0.6) is 0 Å². The van der Waals surface area contributed by atoms with Crippen LogP contribution in [-0.4, -0.2) is 51.7 Å². The molecule has 1 amide bonds. The highest BCUT2D eigenvalue weighted by atomic mass is 16.5. The molecule has 174 valence electrons. The van der Waals surface area contributed by atoms with E-state index in [-0.39, 0.29) is 0 Å². The summed E-state index contributed by atoms with van der Waals surface area (Å²) in [6, 6.07) is 10.7. The van der Waals surface area contributed by atoms with E-state index in [1.165, 1.54) is 16.7 Å². The maximum atomic E-state index is 14.1. The number of rotatable bonds is 4. The summed E-state index contributed by atoms with van der Waals surface area (Å²) >= 11 is 0. The van der Waals surface area contributed by atoms with Crippen LogP contribution in [0.15, 0.2) is 42.7 Å². The minimum absolute atomic E-state index is 0.300. The van der Waals surface area contributed by atoms with Gasteiger partial charge in [0, 0.05) is 38.7 Å². The predicted octanol–water partition coefficient (Wildman–Crippen LogP) is 4.27. The van der Waals surface area contributed by atoms with E-state index in [0.29, 0.717) is 25.0 Å². The van der Waals surface area contributed by atoms with Crippen molar-refractivity contribution >= 4 is 11.6 Å². The minimum atomic E-state index is -0.455. The third-order valence-electron chi connectivity index (χ3n) is 7.47. The van der Waals surface area contributed by atoms with Gasteiger partial charge >= 0.3 is 0 Å². The molecule has 0 N–H and O–H groups in total. The number of nitrogens with zero attached hydrogens (tertiary/aromatic N) is 4. The number of carbonyl (C=O) groups excluding carboxylic acids is 1. The smallest absolute Gasteiger partial charge is 0.233 e. The molecule has 1 aromatic carbocycles. The highest BCUT2D eigenvalue weighted by molar-refractivity contribution is 5.88. The molecule has 0 saturated carbocycles. The molecule has 0 radical (unpaired) electrons. The Labute approximate surface area is 196 Å². The summed E-state index contributed by atoms with van der Waals surface area (Å²) in [5.41, 5.74) is 5.14. The van der Waals surface area contributed by atoms with Gasteiger partial charge in [-0.15, -0.1) is 0 Å². The SMILES string of the molecule is Cc1cc(C)cc(C2(C(=O)N3CCC[C@H](Cc4ccc5nccn5n4)CC3)CCOCC2)c1. The lowest BCUT2D eigenvalue weighted by Gasteiger charge is -2.40. The van der Waals surface area contributed by atoms with Crippen molar-refractivity contribution < 1.29 is 9.53 Å². The molecule has 0 bridgehead atoms. The molecular weight excluding hydrogens is 412 g/mol. The fourth-order valence-electron chi connectivity index (χ4n) is 5.73. The molecule has 3 aromatic rings. The highest BCUT2D eigenvalue weighted by Gasteiger charge is 2.44. The lowest BCUT2D eigenvalue weighted by molar-refractivity contribution is -0.141. The summed E-state index contributed by atoms with van der Waals surface area (Å²) in [7, 11) is 0. The van der Waals surface area contributed by atoms with Gasteiger partial charge in [0.25, 0.3) is 0 Å². The second-order valence-corrected chi connectivity index (χ2v) is 9.92. The van der Waals surface area contributed by atoms with Crippen LogP contribution in [0.3, 0.4) is 0 Å². The molecule has 0 spiro atoms. The van der Waals surface area contributed by atoms with Gasteiger partial charge in [-0.05, 0) is 76.0 Å². The third kappa shape index (κ3) is 4.54. The molecule has 5 rings (SSSR count). The zero-order chi connectivity index (χ0) is 22.8. The van der Waals surface area contributed by atoms with Crippen molar-refractivity contribution in [1.82, 2.24) is 19.5 Å². The fraction of sp³-hybridized carbons (Fsp3) is 0.519. The summed E-state index contributed by atoms with van der Waals surface area (Å²) in [4.78, 5) is 20.5. The van der Waals surface area contributed by atoms with E-state index in [2.05, 4.69) is 48.0 Å². The number of aromatic nitrogens is 3. The van der Waals surface area contributed by atoms with Crippen LogP contribution in [0.2, 0.25) is 0 Å². The summed E-state index contributed by atoms with van der Waals surface area (Å²) in [6.07, 6.45) is 9.36. The second-order valence-electron chi connectivity index (χ2n) is 9.92. The first-order valence-electron chi connectivity index (χ1n) is 12.3. The maximum absolute atomic E-state index is 14.1. The number of ether oxygens (including phenoxy) is 1. The van der Waals surface area contributed by atoms with Gasteiger partial charge in [-0.25, -0.2) is 9.50 Å². The molecule has 0 aliphatic carbocycles. The van der Waals surface area contributed by atoms with Gasteiger partial charge in [0.05, 0.1) is 11.1 Å². The monoisotopic (exact) mass is 446 g/mol. The highest BCUT2D eigenvalue weighted by Crippen LogP contribution is 2.38. The minimum Gasteiger partial charge on any atom is -0.381 e. The quantitative estimate of drug-likeness (QED) is 0.601. The molecular formula is C27H34N4O2. The van der Waals surface area contributed by atoms with Crippen molar-refractivity contribution in [3.8, 4) is 0 Å². The van der Waals surface area contributed by atoms with Crippen LogP contribution in [0.1, 0.15) is 54.5 Å². The summed E-state index contributed by atoms with van der Waals surface area (Å²) in [5, 5.41) is 4.71. The number of amides is 1. The summed E-state index contributed by atoms with van der Waals surface area (Å²) in [6.45, 7) is 7.22. The lowest BCUT2D eigenvalue weighted by Crippen LogP contribution is -2.50. The van der Waals surface area contributed by atoms with Crippen LogP contribution in [0.25, 0.3) is 5.65 Å². The normalized spacial score (nSPS) is 21.2. The van der Waals surface area contributed by atoms with Gasteiger partial charge in [-0.1, -0.05) is 29.3 Å². The number of hydrogen-bond acceptors (Lipinski definition) is 4. The number of imidazole rings is 1. The first kappa shape index (κ1) is 22.1. The standard InChI is InChI=1S/C27H34N4O2/c1-20-16-21(2)18-23(17-20)27(8-14-33-15-9-27)26(32)30-11-3-4-22(7-12-30)19-24-5-6-25-28-10-13-31(25)29-24/h5-6,10,13,16-18,22H,3-4,7-9,11-12,14-15,19H2,1-2H3/t22-/m0/s1. The molecule has 2 aliphatic heterocycles. The van der Waals surface area contributed by atoms with Crippen molar-refractivity contribution in [1.29, 1.82) is 0 Å². The van der Waals surface area contributed by atoms with E-state index in [1.807, 2.05) is 16.8 Å². The molecule has 2 saturated heterocycles. The fourth-order valence-corrected chi connectivity index (χ4v) is 5.73. The largest absolute Gasteiger partial charge is 0.381 e. The molecule has 6 nitrogen and oxygen atoms in total. The van der Waals surface area contributed by atoms with E-state index in [0.717, 1.165) is 63.0 Å². The number of hydrogen-bond donors (Lipinski definition) is 0. The molecule has 33 heavy (non-hydrogen) atoms. The molecule has 1 atom stereocenters. The van der Waals surface area contributed by atoms with Crippen molar-refractivity contribution in [2.24, 2.45) is 5.92 Å². The Morgan fingerprint density at radius 2 is 1.88 bits per heavy atom. The number of aryl methyl sites for hydroxylation is 2. The first-order valence-corrected chi connectivity index (χ1v) is 12.3. The Hall–Kier alpha value is -2.73. The third-order valence-corrected chi connectivity index (χ3v) is 7.47. The van der Waals surface area contributed by atoms with E-state index >= 15 is 0 Å². The zero-order valence-electron chi connectivity index (χ0n) is 19.8. The van der Waals surface area contributed by atoms with Gasteiger partial charge in [0.2, 0.25) is 5.91 Å². The average molecular weight is 447 g/mol. The van der Waals surface area contributed by atoms with Crippen LogP contribution >= 0.6 is 0 Å². The predicted molar refractivity (Wildman–Crippen MR) is 128 cm³/mol. The van der Waals surface area contributed by atoms with Crippen LogP contribution in [0.4, 0.5) is 0 Å². The average Bonchev–Trinajstić information content (AvgIpc) is 3.16. The number of carbonyl (C=O) groups is 1. The Balaban J connectivity index is 1.32. The van der Waals surface area contributed by atoms with Crippen LogP contribution in [0, 0.1) is 19.8 Å². The van der Waals surface area contributed by atoms with Crippen molar-refractivity contribution in [3.63, 3.8) is 0 Å². The van der Waals surface area contributed by atoms with Crippen molar-refractivity contribution in [3.05, 3.63) is 65.1 Å². The number of likely N-dealkylation sites (tertiary alicyclic amines) is 1. The maximum Gasteiger partial charge on any atom is 0.233 e. The molecule has 6 heteroatoms. The molecule has 2 fully saturated rings. The van der Waals surface area contributed by atoms with Gasteiger partial charge in [-0.2, -0.15) is 5.10 Å². The van der Waals surface area contributed by atoms with Gasteiger partial charge in [-0.3, -0.25) is 4.79 Å². The van der Waals surface area contributed by atoms with Gasteiger partial charge < -0.3 is 9.64 Å². The first-order chi connectivity index (χ1) is 16.0. The molecule has 0 unspecified atom stereocenters. The number of fused-ring (bicyclic) bond motifs is 1. The van der Waals surface area contributed by atoms with E-state index < -0.39 is 5.41 Å². The second kappa shape index (κ2) is 9.26. The van der Waals surface area contributed by atoms with Gasteiger partial charge in [0.15, 0.2) is 5.65 Å². The van der Waals surface area contributed by atoms with E-state index in [1.54, 1.807) is 6.20 Å². The van der Waals surface area contributed by atoms with E-state index in [4.69, 9.17) is 9.84 Å². The molecule has 2 aromatic heterocycles. The van der Waals surface area contributed by atoms with Crippen LogP contribution < -0.4 is 0 Å². The summed E-state index contributed by atoms with van der Waals surface area (Å²) in [5.74, 6) is 0.845. The van der Waals surface area contributed by atoms with E-state index in [9.17, 15) is 4.79 Å². The van der Waals surface area contributed by atoms with Crippen molar-refractivity contribution in [2.75, 3.05) is 26.3 Å². The Kier molecular flexibility index (Phi) is 6.19. The summed E-state index contributed by atoms with van der Waals surface area (Å²) < 4.78 is 7.54. The van der Waals surface area contributed by atoms with Gasteiger partial charge in [0.1, 0.15) is 0 Å². The topological polar surface area (TPSA) is 59.7 Å². The Morgan fingerprint density at radius 1 is 1.09 bits per heavy atom. The van der Waals surface area contributed by atoms with Crippen molar-refractivity contribution in [2.45, 2.75) is 57.8 Å². The Bertz CT molecular complexity index is 1110.